The Labute approximate surface area is 229 Å². The van der Waals surface area contributed by atoms with Gasteiger partial charge >= 0.3 is 0 Å². The Morgan fingerprint density at radius 2 is 1.59 bits per heavy atom. The predicted molar refractivity (Wildman–Crippen MR) is 147 cm³/mol. The van der Waals surface area contributed by atoms with Crippen LogP contribution < -0.4 is 10.0 Å². The highest BCUT2D eigenvalue weighted by atomic mass is 32.2. The molecule has 39 heavy (non-hydrogen) atoms. The number of hydrogen-bond acceptors (Lipinski definition) is 3. The summed E-state index contributed by atoms with van der Waals surface area (Å²) in [5.41, 5.74) is 3.29. The first-order chi connectivity index (χ1) is 18.8. The van der Waals surface area contributed by atoms with Gasteiger partial charge in [-0.25, -0.2) is 21.9 Å². The molecule has 2 N–H and O–H groups in total. The number of sulfonamides is 1. The molecular formula is C31H34F2N2O3S. The number of amides is 1. The summed E-state index contributed by atoms with van der Waals surface area (Å²) < 4.78 is 55.5. The summed E-state index contributed by atoms with van der Waals surface area (Å²) in [6.07, 6.45) is 5.03. The number of nitrogens with one attached hydrogen (secondary N) is 2. The number of benzene rings is 3. The molecule has 0 radical (unpaired) electrons. The van der Waals surface area contributed by atoms with Gasteiger partial charge in [0.1, 0.15) is 16.5 Å². The third-order valence-corrected chi connectivity index (χ3v) is 9.70. The first-order valence-corrected chi connectivity index (χ1v) is 15.2. The lowest BCUT2D eigenvalue weighted by Crippen LogP contribution is -2.46. The van der Waals surface area contributed by atoms with Crippen molar-refractivity contribution >= 4 is 15.9 Å². The van der Waals surface area contributed by atoms with E-state index in [1.54, 1.807) is 6.07 Å². The van der Waals surface area contributed by atoms with E-state index in [4.69, 9.17) is 0 Å². The fourth-order valence-corrected chi connectivity index (χ4v) is 7.26. The molecule has 5 rings (SSSR count). The van der Waals surface area contributed by atoms with E-state index in [0.717, 1.165) is 49.3 Å². The van der Waals surface area contributed by atoms with Gasteiger partial charge in [0, 0.05) is 24.4 Å². The van der Waals surface area contributed by atoms with Crippen molar-refractivity contribution in [3.05, 3.63) is 101 Å². The summed E-state index contributed by atoms with van der Waals surface area (Å²) in [6, 6.07) is 20.4. The quantitative estimate of drug-likeness (QED) is 0.387. The van der Waals surface area contributed by atoms with E-state index in [1.165, 1.54) is 29.8 Å². The van der Waals surface area contributed by atoms with Crippen LogP contribution in [0.25, 0.3) is 0 Å². The first-order valence-electron chi connectivity index (χ1n) is 13.7. The Balaban J connectivity index is 1.19. The van der Waals surface area contributed by atoms with E-state index in [0.29, 0.717) is 12.8 Å². The zero-order valence-electron chi connectivity index (χ0n) is 21.8. The molecule has 0 aliphatic heterocycles. The van der Waals surface area contributed by atoms with Crippen LogP contribution in [0.3, 0.4) is 0 Å². The van der Waals surface area contributed by atoms with E-state index >= 15 is 0 Å². The van der Waals surface area contributed by atoms with Crippen LogP contribution in [0.5, 0.6) is 0 Å². The molecule has 0 aromatic heterocycles. The fraction of sp³-hybridized carbons (Fsp3) is 0.387. The van der Waals surface area contributed by atoms with Crippen molar-refractivity contribution in [3.8, 4) is 0 Å². The van der Waals surface area contributed by atoms with E-state index in [2.05, 4.69) is 22.2 Å². The second kappa shape index (κ2) is 12.0. The predicted octanol–water partition coefficient (Wildman–Crippen LogP) is 5.51. The second-order valence-electron chi connectivity index (χ2n) is 10.8. The monoisotopic (exact) mass is 552 g/mol. The average molecular weight is 553 g/mol. The lowest BCUT2D eigenvalue weighted by Gasteiger charge is -2.36. The molecule has 0 spiro atoms. The highest BCUT2D eigenvalue weighted by molar-refractivity contribution is 7.89. The molecule has 2 atom stereocenters. The Hall–Kier alpha value is -3.10. The molecule has 5 nitrogen and oxygen atoms in total. The molecule has 3 aromatic rings. The standard InChI is InChI=1S/C31H34F2N2O3S/c32-25-15-16-26-24(19-25)14-17-29(27(26)18-21-6-2-1-3-7-21)35-31(36)23-12-10-22(11-13-23)20-34-39(37,38)30-9-5-4-8-28(30)33/h1-9,15-16,19,22-23,27,29,34H,10-14,17-18,20H2,(H,35,36)/t22?,23?,27?,29-/m1/s1. The average Bonchev–Trinajstić information content (AvgIpc) is 2.94. The van der Waals surface area contributed by atoms with Crippen molar-refractivity contribution in [2.24, 2.45) is 11.8 Å². The van der Waals surface area contributed by atoms with Gasteiger partial charge < -0.3 is 5.32 Å². The van der Waals surface area contributed by atoms with Crippen LogP contribution >= 0.6 is 0 Å². The number of hydrogen-bond donors (Lipinski definition) is 2. The van der Waals surface area contributed by atoms with Gasteiger partial charge in [-0.2, -0.15) is 0 Å². The minimum absolute atomic E-state index is 0.0361. The molecule has 1 unspecified atom stereocenters. The largest absolute Gasteiger partial charge is 0.352 e. The molecule has 0 bridgehead atoms. The lowest BCUT2D eigenvalue weighted by atomic mass is 9.75. The molecule has 2 aliphatic rings. The maximum atomic E-state index is 14.0. The summed E-state index contributed by atoms with van der Waals surface area (Å²) in [5.74, 6) is -0.942. The Morgan fingerprint density at radius 1 is 0.872 bits per heavy atom. The Bertz CT molecular complexity index is 1410. The van der Waals surface area contributed by atoms with Crippen LogP contribution in [0.15, 0.2) is 77.7 Å². The van der Waals surface area contributed by atoms with Crippen molar-refractivity contribution in [2.45, 2.75) is 61.8 Å². The first kappa shape index (κ1) is 27.5. The second-order valence-corrected chi connectivity index (χ2v) is 12.5. The van der Waals surface area contributed by atoms with Gasteiger partial charge in [0.15, 0.2) is 0 Å². The molecule has 0 saturated heterocycles. The van der Waals surface area contributed by atoms with Crippen molar-refractivity contribution in [1.82, 2.24) is 10.0 Å². The maximum Gasteiger partial charge on any atom is 0.243 e. The molecule has 3 aromatic carbocycles. The molecule has 1 saturated carbocycles. The smallest absolute Gasteiger partial charge is 0.243 e. The number of rotatable bonds is 8. The van der Waals surface area contributed by atoms with Crippen molar-refractivity contribution in [1.29, 1.82) is 0 Å². The lowest BCUT2D eigenvalue weighted by molar-refractivity contribution is -0.127. The Morgan fingerprint density at radius 3 is 2.33 bits per heavy atom. The van der Waals surface area contributed by atoms with Crippen LogP contribution in [0, 0.1) is 23.5 Å². The molecule has 206 valence electrons. The van der Waals surface area contributed by atoms with Gasteiger partial charge in [-0.3, -0.25) is 4.79 Å². The van der Waals surface area contributed by atoms with Crippen LogP contribution in [-0.2, 0) is 27.7 Å². The van der Waals surface area contributed by atoms with Crippen LogP contribution in [-0.4, -0.2) is 26.9 Å². The molecule has 2 aliphatic carbocycles. The van der Waals surface area contributed by atoms with Crippen LogP contribution in [0.1, 0.15) is 54.7 Å². The van der Waals surface area contributed by atoms with Gasteiger partial charge in [0.05, 0.1) is 0 Å². The number of carbonyl (C=O) groups excluding carboxylic acids is 1. The van der Waals surface area contributed by atoms with Crippen molar-refractivity contribution in [3.63, 3.8) is 0 Å². The van der Waals surface area contributed by atoms with E-state index < -0.39 is 15.8 Å². The summed E-state index contributed by atoms with van der Waals surface area (Å²) in [7, 11) is -3.93. The third kappa shape index (κ3) is 6.56. The fourth-order valence-electron chi connectivity index (χ4n) is 6.07. The van der Waals surface area contributed by atoms with Gasteiger partial charge in [-0.15, -0.1) is 0 Å². The van der Waals surface area contributed by atoms with Gasteiger partial charge in [0.25, 0.3) is 0 Å². The van der Waals surface area contributed by atoms with Crippen molar-refractivity contribution < 1.29 is 22.0 Å². The minimum atomic E-state index is -3.93. The molecule has 1 amide bonds. The van der Waals surface area contributed by atoms with Crippen LogP contribution in [0.2, 0.25) is 0 Å². The minimum Gasteiger partial charge on any atom is -0.352 e. The molecule has 0 heterocycles. The SMILES string of the molecule is O=C(N[C@@H]1CCc2cc(F)ccc2C1Cc1ccccc1)C1CCC(CNS(=O)(=O)c2ccccc2F)CC1. The number of aryl methyl sites for hydroxylation is 1. The number of carbonyl (C=O) groups is 1. The normalized spacial score (nSPS) is 23.1. The van der Waals surface area contributed by atoms with E-state index in [9.17, 15) is 22.0 Å². The highest BCUT2D eigenvalue weighted by Crippen LogP contribution is 2.36. The van der Waals surface area contributed by atoms with Crippen LogP contribution in [0.4, 0.5) is 8.78 Å². The van der Waals surface area contributed by atoms with Gasteiger partial charge in [-0.05, 0) is 91.8 Å². The van der Waals surface area contributed by atoms with Crippen molar-refractivity contribution in [2.75, 3.05) is 6.54 Å². The zero-order chi connectivity index (χ0) is 27.4. The highest BCUT2D eigenvalue weighted by Gasteiger charge is 2.34. The van der Waals surface area contributed by atoms with Gasteiger partial charge in [-0.1, -0.05) is 48.5 Å². The summed E-state index contributed by atoms with van der Waals surface area (Å²) in [5, 5.41) is 3.33. The number of halogens is 2. The van der Waals surface area contributed by atoms with E-state index in [-0.39, 0.29) is 47.0 Å². The zero-order valence-corrected chi connectivity index (χ0v) is 22.6. The summed E-state index contributed by atoms with van der Waals surface area (Å²) >= 11 is 0. The molecule has 8 heteroatoms. The summed E-state index contributed by atoms with van der Waals surface area (Å²) in [4.78, 5) is 13.0. The number of fused-ring (bicyclic) bond motifs is 1. The Kier molecular flexibility index (Phi) is 8.43. The molecular weight excluding hydrogens is 518 g/mol. The molecule has 1 fully saturated rings. The van der Waals surface area contributed by atoms with Gasteiger partial charge in [0.2, 0.25) is 15.9 Å². The summed E-state index contributed by atoms with van der Waals surface area (Å²) in [6.45, 7) is 0.222. The third-order valence-electron chi connectivity index (χ3n) is 8.25. The topological polar surface area (TPSA) is 75.3 Å². The maximum absolute atomic E-state index is 14.0. The van der Waals surface area contributed by atoms with E-state index in [1.807, 2.05) is 24.3 Å².